The standard InChI is InChI=1S/C9H15BrN4O/c1-3-7(10)9(15)11-5-4-8-13-12-6-14(8)2/h6-7H,3-5H2,1-2H3,(H,11,15). The van der Waals surface area contributed by atoms with Gasteiger partial charge in [0.25, 0.3) is 0 Å². The summed E-state index contributed by atoms with van der Waals surface area (Å²) in [5, 5.41) is 10.5. The van der Waals surface area contributed by atoms with E-state index in [9.17, 15) is 4.79 Å². The van der Waals surface area contributed by atoms with Gasteiger partial charge in [0.1, 0.15) is 12.2 Å². The van der Waals surface area contributed by atoms with E-state index in [4.69, 9.17) is 0 Å². The number of aryl methyl sites for hydroxylation is 1. The number of nitrogens with zero attached hydrogens (tertiary/aromatic N) is 3. The van der Waals surface area contributed by atoms with Gasteiger partial charge in [-0.05, 0) is 6.42 Å². The van der Waals surface area contributed by atoms with Crippen LogP contribution in [0.4, 0.5) is 0 Å². The van der Waals surface area contributed by atoms with Crippen LogP contribution < -0.4 is 5.32 Å². The molecule has 1 atom stereocenters. The van der Waals surface area contributed by atoms with E-state index in [1.807, 2.05) is 18.5 Å². The van der Waals surface area contributed by atoms with Crippen LogP contribution in [0.15, 0.2) is 6.33 Å². The van der Waals surface area contributed by atoms with E-state index in [0.717, 1.165) is 12.2 Å². The quantitative estimate of drug-likeness (QED) is 0.802. The summed E-state index contributed by atoms with van der Waals surface area (Å²) in [7, 11) is 1.89. The van der Waals surface area contributed by atoms with Crippen molar-refractivity contribution in [3.05, 3.63) is 12.2 Å². The van der Waals surface area contributed by atoms with Crippen molar-refractivity contribution in [2.75, 3.05) is 6.54 Å². The predicted octanol–water partition coefficient (Wildman–Crippen LogP) is 0.647. The molecule has 1 N–H and O–H groups in total. The summed E-state index contributed by atoms with van der Waals surface area (Å²) in [6, 6.07) is 0. The van der Waals surface area contributed by atoms with Gasteiger partial charge in [0.2, 0.25) is 5.91 Å². The molecule has 0 aliphatic carbocycles. The minimum absolute atomic E-state index is 0.0275. The average molecular weight is 275 g/mol. The van der Waals surface area contributed by atoms with Gasteiger partial charge in [0, 0.05) is 20.0 Å². The molecule has 15 heavy (non-hydrogen) atoms. The Morgan fingerprint density at radius 1 is 1.73 bits per heavy atom. The lowest BCUT2D eigenvalue weighted by Gasteiger charge is -2.07. The van der Waals surface area contributed by atoms with Crippen molar-refractivity contribution in [1.29, 1.82) is 0 Å². The van der Waals surface area contributed by atoms with E-state index < -0.39 is 0 Å². The predicted molar refractivity (Wildman–Crippen MR) is 60.7 cm³/mol. The largest absolute Gasteiger partial charge is 0.355 e. The highest BCUT2D eigenvalue weighted by Gasteiger charge is 2.11. The lowest BCUT2D eigenvalue weighted by Crippen LogP contribution is -2.32. The van der Waals surface area contributed by atoms with E-state index in [-0.39, 0.29) is 10.7 Å². The first-order valence-corrected chi connectivity index (χ1v) is 5.81. The lowest BCUT2D eigenvalue weighted by atomic mass is 10.3. The number of carbonyl (C=O) groups excluding carboxylic acids is 1. The van der Waals surface area contributed by atoms with Crippen LogP contribution in [-0.2, 0) is 18.3 Å². The first-order chi connectivity index (χ1) is 7.15. The third-order valence-corrected chi connectivity index (χ3v) is 3.16. The molecule has 0 saturated carbocycles. The van der Waals surface area contributed by atoms with Crippen LogP contribution in [0.25, 0.3) is 0 Å². The Hall–Kier alpha value is -0.910. The van der Waals surface area contributed by atoms with Crippen molar-refractivity contribution < 1.29 is 4.79 Å². The van der Waals surface area contributed by atoms with Crippen LogP contribution in [0.1, 0.15) is 19.2 Å². The molecule has 0 spiro atoms. The van der Waals surface area contributed by atoms with Crippen LogP contribution in [0.3, 0.4) is 0 Å². The zero-order chi connectivity index (χ0) is 11.3. The molecule has 6 heteroatoms. The molecule has 1 aromatic heterocycles. The number of rotatable bonds is 5. The molecule has 0 aliphatic heterocycles. The van der Waals surface area contributed by atoms with Crippen LogP contribution in [0, 0.1) is 0 Å². The number of nitrogens with one attached hydrogen (secondary N) is 1. The van der Waals surface area contributed by atoms with Crippen LogP contribution in [0.5, 0.6) is 0 Å². The summed E-state index contributed by atoms with van der Waals surface area (Å²) < 4.78 is 1.84. The van der Waals surface area contributed by atoms with Crippen molar-refractivity contribution in [2.24, 2.45) is 7.05 Å². The normalized spacial score (nSPS) is 12.5. The Bertz CT molecular complexity index is 326. The van der Waals surface area contributed by atoms with Crippen molar-refractivity contribution in [1.82, 2.24) is 20.1 Å². The number of alkyl halides is 1. The molecule has 1 heterocycles. The maximum atomic E-state index is 11.4. The zero-order valence-electron chi connectivity index (χ0n) is 8.90. The average Bonchev–Trinajstić information content (AvgIpc) is 2.63. The van der Waals surface area contributed by atoms with Gasteiger partial charge in [-0.1, -0.05) is 22.9 Å². The molecule has 0 fully saturated rings. The maximum Gasteiger partial charge on any atom is 0.233 e. The second-order valence-corrected chi connectivity index (χ2v) is 4.38. The SMILES string of the molecule is CCC(Br)C(=O)NCCc1nncn1C. The molecule has 1 amide bonds. The van der Waals surface area contributed by atoms with Crippen LogP contribution in [0.2, 0.25) is 0 Å². The molecule has 0 saturated heterocycles. The van der Waals surface area contributed by atoms with Gasteiger partial charge in [0.05, 0.1) is 4.83 Å². The van der Waals surface area contributed by atoms with Gasteiger partial charge in [0.15, 0.2) is 0 Å². The molecule has 1 rings (SSSR count). The molecular formula is C9H15BrN4O. The first kappa shape index (κ1) is 12.2. The van der Waals surface area contributed by atoms with E-state index in [1.54, 1.807) is 6.33 Å². The Morgan fingerprint density at radius 2 is 2.47 bits per heavy atom. The van der Waals surface area contributed by atoms with Gasteiger partial charge < -0.3 is 9.88 Å². The number of amides is 1. The van der Waals surface area contributed by atoms with Gasteiger partial charge in [-0.2, -0.15) is 0 Å². The van der Waals surface area contributed by atoms with Crippen molar-refractivity contribution in [3.8, 4) is 0 Å². The summed E-state index contributed by atoms with van der Waals surface area (Å²) in [5.74, 6) is 0.901. The van der Waals surface area contributed by atoms with Gasteiger partial charge in [-0.25, -0.2) is 0 Å². The van der Waals surface area contributed by atoms with E-state index >= 15 is 0 Å². The molecule has 1 aromatic rings. The Morgan fingerprint density at radius 3 is 3.00 bits per heavy atom. The topological polar surface area (TPSA) is 59.8 Å². The molecule has 0 aliphatic rings. The highest BCUT2D eigenvalue weighted by molar-refractivity contribution is 9.10. The summed E-state index contributed by atoms with van der Waals surface area (Å²) >= 11 is 3.29. The number of hydrogen-bond acceptors (Lipinski definition) is 3. The molecule has 0 aromatic carbocycles. The lowest BCUT2D eigenvalue weighted by molar-refractivity contribution is -0.120. The molecule has 1 unspecified atom stereocenters. The van der Waals surface area contributed by atoms with E-state index in [2.05, 4.69) is 31.4 Å². The summed E-state index contributed by atoms with van der Waals surface area (Å²) in [6.45, 7) is 2.55. The molecule has 5 nitrogen and oxygen atoms in total. The van der Waals surface area contributed by atoms with E-state index in [1.165, 1.54) is 0 Å². The second-order valence-electron chi connectivity index (χ2n) is 3.27. The third-order valence-electron chi connectivity index (χ3n) is 2.10. The fraction of sp³-hybridized carbons (Fsp3) is 0.667. The van der Waals surface area contributed by atoms with Crippen LogP contribution >= 0.6 is 15.9 Å². The molecule has 0 radical (unpaired) electrons. The fourth-order valence-electron chi connectivity index (χ4n) is 1.13. The summed E-state index contributed by atoms with van der Waals surface area (Å²) in [4.78, 5) is 11.3. The molecular weight excluding hydrogens is 260 g/mol. The monoisotopic (exact) mass is 274 g/mol. The Kier molecular flexibility index (Phi) is 4.74. The maximum absolute atomic E-state index is 11.4. The van der Waals surface area contributed by atoms with Crippen molar-refractivity contribution >= 4 is 21.8 Å². The number of halogens is 1. The molecule has 0 bridgehead atoms. The van der Waals surface area contributed by atoms with Crippen molar-refractivity contribution in [3.63, 3.8) is 0 Å². The van der Waals surface area contributed by atoms with Gasteiger partial charge >= 0.3 is 0 Å². The first-order valence-electron chi connectivity index (χ1n) is 4.89. The third kappa shape index (κ3) is 3.62. The number of carbonyl (C=O) groups is 1. The van der Waals surface area contributed by atoms with Gasteiger partial charge in [-0.15, -0.1) is 10.2 Å². The van der Waals surface area contributed by atoms with E-state index in [0.29, 0.717) is 13.0 Å². The van der Waals surface area contributed by atoms with Gasteiger partial charge in [-0.3, -0.25) is 4.79 Å². The second kappa shape index (κ2) is 5.85. The number of aromatic nitrogens is 3. The molecule has 84 valence electrons. The summed E-state index contributed by atoms with van der Waals surface area (Å²) in [5.41, 5.74) is 0. The Labute approximate surface area is 97.4 Å². The summed E-state index contributed by atoms with van der Waals surface area (Å²) in [6.07, 6.45) is 3.14. The number of hydrogen-bond donors (Lipinski definition) is 1. The Balaban J connectivity index is 2.28. The zero-order valence-corrected chi connectivity index (χ0v) is 10.5. The minimum Gasteiger partial charge on any atom is -0.355 e. The smallest absolute Gasteiger partial charge is 0.233 e. The highest BCUT2D eigenvalue weighted by atomic mass is 79.9. The highest BCUT2D eigenvalue weighted by Crippen LogP contribution is 2.03. The van der Waals surface area contributed by atoms with Crippen LogP contribution in [-0.4, -0.2) is 32.0 Å². The van der Waals surface area contributed by atoms with Crippen molar-refractivity contribution in [2.45, 2.75) is 24.6 Å². The fourth-order valence-corrected chi connectivity index (χ4v) is 1.29. The minimum atomic E-state index is -0.100.